The number of carbonyl (C=O) groups excluding carboxylic acids is 1. The zero-order valence-electron chi connectivity index (χ0n) is 14.0. The third-order valence-corrected chi connectivity index (χ3v) is 4.69. The smallest absolute Gasteiger partial charge is 0.253 e. The molecule has 1 aromatic heterocycles. The van der Waals surface area contributed by atoms with E-state index in [0.29, 0.717) is 29.4 Å². The van der Waals surface area contributed by atoms with Gasteiger partial charge in [0.05, 0.1) is 17.8 Å². The van der Waals surface area contributed by atoms with E-state index in [-0.39, 0.29) is 11.9 Å². The molecule has 2 aromatic rings. The number of nitrogens with two attached hydrogens (primary N) is 1. The lowest BCUT2D eigenvalue weighted by Crippen LogP contribution is -2.42. The summed E-state index contributed by atoms with van der Waals surface area (Å²) in [6, 6.07) is 8.96. The molecule has 1 amide bonds. The Morgan fingerprint density at radius 2 is 2.08 bits per heavy atom. The molecule has 0 aliphatic carbocycles. The molecule has 1 aliphatic heterocycles. The van der Waals surface area contributed by atoms with E-state index in [4.69, 9.17) is 22.1 Å². The minimum atomic E-state index is -0.0127. The van der Waals surface area contributed by atoms with Crippen LogP contribution >= 0.6 is 11.6 Å². The first-order chi connectivity index (χ1) is 12.1. The average molecular weight is 361 g/mol. The van der Waals surface area contributed by atoms with E-state index in [9.17, 15) is 4.79 Å². The van der Waals surface area contributed by atoms with Crippen LogP contribution in [0.1, 0.15) is 23.2 Å². The van der Waals surface area contributed by atoms with Crippen molar-refractivity contribution >= 4 is 29.0 Å². The molecule has 0 bridgehead atoms. The van der Waals surface area contributed by atoms with Crippen LogP contribution in [0.2, 0.25) is 5.02 Å². The lowest BCUT2D eigenvalue weighted by atomic mass is 10.0. The lowest BCUT2D eigenvalue weighted by Gasteiger charge is -2.32. The van der Waals surface area contributed by atoms with Gasteiger partial charge in [0, 0.05) is 37.0 Å². The van der Waals surface area contributed by atoms with Gasteiger partial charge in [0.15, 0.2) is 0 Å². The predicted octanol–water partition coefficient (Wildman–Crippen LogP) is 3.04. The number of ether oxygens (including phenoxy) is 1. The summed E-state index contributed by atoms with van der Waals surface area (Å²) >= 11 is 5.92. The van der Waals surface area contributed by atoms with Gasteiger partial charge in [-0.15, -0.1) is 0 Å². The molecule has 1 fully saturated rings. The molecule has 132 valence electrons. The number of likely N-dealkylation sites (tertiary alicyclic amines) is 1. The third-order valence-electron chi connectivity index (χ3n) is 4.34. The summed E-state index contributed by atoms with van der Waals surface area (Å²) in [6.45, 7) is 1.37. The molecular formula is C18H21ClN4O2. The first-order valence-electron chi connectivity index (χ1n) is 8.17. The highest BCUT2D eigenvalue weighted by Gasteiger charge is 2.24. The van der Waals surface area contributed by atoms with Crippen molar-refractivity contribution in [2.75, 3.05) is 31.2 Å². The topological polar surface area (TPSA) is 80.5 Å². The van der Waals surface area contributed by atoms with Crippen LogP contribution in [0.15, 0.2) is 36.5 Å². The molecule has 2 heterocycles. The van der Waals surface area contributed by atoms with Crippen molar-refractivity contribution < 1.29 is 9.53 Å². The van der Waals surface area contributed by atoms with Crippen molar-refractivity contribution in [3.8, 4) is 5.75 Å². The highest BCUT2D eigenvalue weighted by molar-refractivity contribution is 6.33. The van der Waals surface area contributed by atoms with Crippen LogP contribution in [-0.4, -0.2) is 42.0 Å². The maximum absolute atomic E-state index is 12.6. The number of halogens is 1. The fourth-order valence-electron chi connectivity index (χ4n) is 2.91. The first kappa shape index (κ1) is 17.4. The molecule has 3 N–H and O–H groups in total. The van der Waals surface area contributed by atoms with Gasteiger partial charge in [-0.1, -0.05) is 11.6 Å². The van der Waals surface area contributed by atoms with Crippen LogP contribution in [0.25, 0.3) is 0 Å². The van der Waals surface area contributed by atoms with E-state index in [1.165, 1.54) is 0 Å². The largest absolute Gasteiger partial charge is 0.497 e. The van der Waals surface area contributed by atoms with Gasteiger partial charge in [-0.3, -0.25) is 4.79 Å². The van der Waals surface area contributed by atoms with E-state index in [1.807, 2.05) is 17.0 Å². The van der Waals surface area contributed by atoms with Crippen LogP contribution in [0.3, 0.4) is 0 Å². The van der Waals surface area contributed by atoms with E-state index >= 15 is 0 Å². The molecule has 1 aliphatic rings. The number of hydrogen-bond acceptors (Lipinski definition) is 5. The Morgan fingerprint density at radius 1 is 1.32 bits per heavy atom. The number of nitrogen functional groups attached to an aromatic ring is 1. The molecule has 1 saturated heterocycles. The standard InChI is InChI=1S/C18H21ClN4O2/c1-25-14-4-7-21-17(11-14)22-13-5-8-23(9-6-13)18(24)12-2-3-15(19)16(20)10-12/h2-4,7,10-11,13H,5-6,8-9,20H2,1H3,(H,21,22). The van der Waals surface area contributed by atoms with Crippen molar-refractivity contribution in [1.29, 1.82) is 0 Å². The molecular weight excluding hydrogens is 340 g/mol. The molecule has 3 rings (SSSR count). The van der Waals surface area contributed by atoms with Gasteiger partial charge in [-0.2, -0.15) is 0 Å². The first-order valence-corrected chi connectivity index (χ1v) is 8.55. The quantitative estimate of drug-likeness (QED) is 0.819. The predicted molar refractivity (Wildman–Crippen MR) is 99.2 cm³/mol. The maximum atomic E-state index is 12.6. The number of piperidine rings is 1. The number of nitrogens with one attached hydrogen (secondary N) is 1. The second-order valence-electron chi connectivity index (χ2n) is 6.03. The monoisotopic (exact) mass is 360 g/mol. The summed E-state index contributed by atoms with van der Waals surface area (Å²) in [4.78, 5) is 18.7. The van der Waals surface area contributed by atoms with E-state index in [1.54, 1.807) is 31.5 Å². The van der Waals surface area contributed by atoms with Gasteiger partial charge in [0.25, 0.3) is 5.91 Å². The van der Waals surface area contributed by atoms with Crippen molar-refractivity contribution in [2.45, 2.75) is 18.9 Å². The number of nitrogens with zero attached hydrogens (tertiary/aromatic N) is 2. The number of carbonyl (C=O) groups is 1. The normalized spacial score (nSPS) is 15.0. The lowest BCUT2D eigenvalue weighted by molar-refractivity contribution is 0.0718. The summed E-state index contributed by atoms with van der Waals surface area (Å²) in [5.41, 5.74) is 6.79. The number of hydrogen-bond donors (Lipinski definition) is 2. The number of rotatable bonds is 4. The zero-order valence-corrected chi connectivity index (χ0v) is 14.8. The van der Waals surface area contributed by atoms with E-state index in [2.05, 4.69) is 10.3 Å². The van der Waals surface area contributed by atoms with Crippen molar-refractivity contribution in [1.82, 2.24) is 9.88 Å². The van der Waals surface area contributed by atoms with Gasteiger partial charge in [0.2, 0.25) is 0 Å². The van der Waals surface area contributed by atoms with Crippen LogP contribution < -0.4 is 15.8 Å². The second kappa shape index (κ2) is 7.61. The van der Waals surface area contributed by atoms with Gasteiger partial charge < -0.3 is 20.7 Å². The minimum Gasteiger partial charge on any atom is -0.497 e. The molecule has 1 aromatic carbocycles. The van der Waals surface area contributed by atoms with Gasteiger partial charge in [-0.05, 0) is 37.1 Å². The number of methoxy groups -OCH3 is 1. The average Bonchev–Trinajstić information content (AvgIpc) is 2.64. The maximum Gasteiger partial charge on any atom is 0.253 e. The number of aromatic nitrogens is 1. The fourth-order valence-corrected chi connectivity index (χ4v) is 3.03. The molecule has 25 heavy (non-hydrogen) atoms. The summed E-state index contributed by atoms with van der Waals surface area (Å²) in [5.74, 6) is 1.54. The van der Waals surface area contributed by atoms with Gasteiger partial charge >= 0.3 is 0 Å². The highest BCUT2D eigenvalue weighted by Crippen LogP contribution is 2.23. The van der Waals surface area contributed by atoms with Crippen LogP contribution in [-0.2, 0) is 0 Å². The fraction of sp³-hybridized carbons (Fsp3) is 0.333. The third kappa shape index (κ3) is 4.14. The minimum absolute atomic E-state index is 0.0127. The molecule has 0 unspecified atom stereocenters. The summed E-state index contributed by atoms with van der Waals surface area (Å²) < 4.78 is 5.21. The Kier molecular flexibility index (Phi) is 5.28. The Morgan fingerprint density at radius 3 is 2.76 bits per heavy atom. The van der Waals surface area contributed by atoms with Crippen molar-refractivity contribution in [2.24, 2.45) is 0 Å². The second-order valence-corrected chi connectivity index (χ2v) is 6.44. The number of anilines is 2. The van der Waals surface area contributed by atoms with E-state index < -0.39 is 0 Å². The molecule has 6 nitrogen and oxygen atoms in total. The Hall–Kier alpha value is -2.47. The zero-order chi connectivity index (χ0) is 17.8. The Bertz CT molecular complexity index is 760. The molecule has 0 radical (unpaired) electrons. The van der Waals surface area contributed by atoms with Crippen LogP contribution in [0.5, 0.6) is 5.75 Å². The Balaban J connectivity index is 1.57. The van der Waals surface area contributed by atoms with Gasteiger partial charge in [-0.25, -0.2) is 4.98 Å². The van der Waals surface area contributed by atoms with Crippen molar-refractivity contribution in [3.63, 3.8) is 0 Å². The number of pyridine rings is 1. The summed E-state index contributed by atoms with van der Waals surface area (Å²) in [5, 5.41) is 3.87. The molecule has 0 spiro atoms. The van der Waals surface area contributed by atoms with E-state index in [0.717, 1.165) is 24.4 Å². The van der Waals surface area contributed by atoms with Crippen LogP contribution in [0, 0.1) is 0 Å². The summed E-state index contributed by atoms with van der Waals surface area (Å²) in [6.07, 6.45) is 3.42. The number of benzene rings is 1. The molecule has 7 heteroatoms. The SMILES string of the molecule is COc1ccnc(NC2CCN(C(=O)c3ccc(Cl)c(N)c3)CC2)c1. The number of amides is 1. The summed E-state index contributed by atoms with van der Waals surface area (Å²) in [7, 11) is 1.63. The van der Waals surface area contributed by atoms with Crippen LogP contribution in [0.4, 0.5) is 11.5 Å². The molecule has 0 atom stereocenters. The highest BCUT2D eigenvalue weighted by atomic mass is 35.5. The van der Waals surface area contributed by atoms with Crippen molar-refractivity contribution in [3.05, 3.63) is 47.1 Å². The Labute approximate surface area is 151 Å². The van der Waals surface area contributed by atoms with Gasteiger partial charge in [0.1, 0.15) is 11.6 Å². The molecule has 0 saturated carbocycles.